The van der Waals surface area contributed by atoms with Crippen LogP contribution in [0.25, 0.3) is 0 Å². The Kier molecular flexibility index (Phi) is 9.15. The molecule has 2 atom stereocenters. The number of amides is 1. The second-order valence-corrected chi connectivity index (χ2v) is 6.79. The van der Waals surface area contributed by atoms with Crippen LogP contribution in [-0.4, -0.2) is 24.2 Å². The van der Waals surface area contributed by atoms with Crippen LogP contribution in [0.3, 0.4) is 0 Å². The van der Waals surface area contributed by atoms with Gasteiger partial charge < -0.3 is 14.8 Å². The van der Waals surface area contributed by atoms with Crippen molar-refractivity contribution in [3.05, 3.63) is 23.8 Å². The van der Waals surface area contributed by atoms with E-state index in [0.29, 0.717) is 30.0 Å². The molecule has 0 bridgehead atoms. The average Bonchev–Trinajstić information content (AvgIpc) is 2.65. The molecule has 0 spiro atoms. The van der Waals surface area contributed by atoms with Gasteiger partial charge in [-0.25, -0.2) is 0 Å². The molecule has 0 aliphatic rings. The third-order valence-electron chi connectivity index (χ3n) is 4.38. The third kappa shape index (κ3) is 6.34. The Morgan fingerprint density at radius 1 is 1.31 bits per heavy atom. The number of ether oxygens (including phenoxy) is 2. The van der Waals surface area contributed by atoms with E-state index in [-0.39, 0.29) is 12.0 Å². The highest BCUT2D eigenvalue weighted by Gasteiger charge is 2.33. The number of benzene rings is 1. The number of hydrogen-bond donors (Lipinski definition) is 1. The van der Waals surface area contributed by atoms with Crippen LogP contribution < -0.4 is 10.1 Å². The molecule has 0 saturated heterocycles. The number of anilines is 1. The molecule has 0 fully saturated rings. The van der Waals surface area contributed by atoms with Crippen LogP contribution >= 0.6 is 0 Å². The fraction of sp³-hybridized carbons (Fsp3) is 0.619. The molecule has 1 aromatic carbocycles. The van der Waals surface area contributed by atoms with Crippen molar-refractivity contribution in [2.45, 2.75) is 78.4 Å². The summed E-state index contributed by atoms with van der Waals surface area (Å²) in [7, 11) is 0. The van der Waals surface area contributed by atoms with Crippen LogP contribution in [0, 0.1) is 11.3 Å². The zero-order chi connectivity index (χ0) is 19.6. The van der Waals surface area contributed by atoms with Gasteiger partial charge >= 0.3 is 0 Å². The van der Waals surface area contributed by atoms with Gasteiger partial charge in [0.05, 0.1) is 17.4 Å². The highest BCUT2D eigenvalue weighted by molar-refractivity contribution is 5.98. The van der Waals surface area contributed by atoms with Crippen molar-refractivity contribution in [2.24, 2.45) is 0 Å². The van der Waals surface area contributed by atoms with Crippen LogP contribution in [0.2, 0.25) is 0 Å². The van der Waals surface area contributed by atoms with Gasteiger partial charge in [0.15, 0.2) is 0 Å². The highest BCUT2D eigenvalue weighted by atomic mass is 16.5. The summed E-state index contributed by atoms with van der Waals surface area (Å²) < 4.78 is 11.6. The molecule has 1 amide bonds. The van der Waals surface area contributed by atoms with Crippen molar-refractivity contribution in [3.63, 3.8) is 0 Å². The van der Waals surface area contributed by atoms with Crippen LogP contribution in [0.1, 0.15) is 72.3 Å². The standard InChI is InChI=1S/C21H32N2O3/c1-6-9-12-21(5,25-13-7-2)20(24)23-19-11-10-18(14-17(19)15-22)26-16(4)8-3/h10-11,14,16H,6-9,12-13H2,1-5H3,(H,23,24)/t16-,21+/m0/s1. The van der Waals surface area contributed by atoms with Crippen LogP contribution in [0.5, 0.6) is 5.75 Å². The second-order valence-electron chi connectivity index (χ2n) is 6.79. The summed E-state index contributed by atoms with van der Waals surface area (Å²) in [6.45, 7) is 10.5. The first kappa shape index (κ1) is 22.0. The largest absolute Gasteiger partial charge is 0.491 e. The van der Waals surface area contributed by atoms with E-state index in [0.717, 1.165) is 25.7 Å². The van der Waals surface area contributed by atoms with E-state index >= 15 is 0 Å². The molecule has 0 aliphatic heterocycles. The summed E-state index contributed by atoms with van der Waals surface area (Å²) in [6, 6.07) is 7.29. The van der Waals surface area contributed by atoms with Crippen molar-refractivity contribution in [1.82, 2.24) is 0 Å². The van der Waals surface area contributed by atoms with Gasteiger partial charge in [0.25, 0.3) is 5.91 Å². The van der Waals surface area contributed by atoms with E-state index in [4.69, 9.17) is 9.47 Å². The quantitative estimate of drug-likeness (QED) is 0.599. The normalized spacial score (nSPS) is 14.2. The maximum absolute atomic E-state index is 12.8. The third-order valence-corrected chi connectivity index (χ3v) is 4.38. The minimum absolute atomic E-state index is 0.0711. The molecule has 5 heteroatoms. The predicted octanol–water partition coefficient (Wildman–Crippen LogP) is 5.05. The molecule has 5 nitrogen and oxygen atoms in total. The van der Waals surface area contributed by atoms with E-state index in [9.17, 15) is 10.1 Å². The Bertz CT molecular complexity index is 614. The van der Waals surface area contributed by atoms with Crippen LogP contribution in [0.15, 0.2) is 18.2 Å². The zero-order valence-electron chi connectivity index (χ0n) is 16.7. The molecule has 26 heavy (non-hydrogen) atoms. The summed E-state index contributed by atoms with van der Waals surface area (Å²) in [5, 5.41) is 12.3. The Morgan fingerprint density at radius 2 is 2.04 bits per heavy atom. The number of unbranched alkanes of at least 4 members (excludes halogenated alkanes) is 1. The Morgan fingerprint density at radius 3 is 2.62 bits per heavy atom. The van der Waals surface area contributed by atoms with Gasteiger partial charge in [-0.05, 0) is 45.2 Å². The molecule has 0 aromatic heterocycles. The summed E-state index contributed by atoms with van der Waals surface area (Å²) in [5.74, 6) is 0.413. The maximum Gasteiger partial charge on any atom is 0.256 e. The summed E-state index contributed by atoms with van der Waals surface area (Å²) >= 11 is 0. The van der Waals surface area contributed by atoms with Crippen molar-refractivity contribution < 1.29 is 14.3 Å². The molecule has 1 aromatic rings. The zero-order valence-corrected chi connectivity index (χ0v) is 16.7. The van der Waals surface area contributed by atoms with Gasteiger partial charge in [-0.1, -0.05) is 33.6 Å². The van der Waals surface area contributed by atoms with Gasteiger partial charge in [-0.15, -0.1) is 0 Å². The summed E-state index contributed by atoms with van der Waals surface area (Å²) in [6.07, 6.45) is 4.34. The molecular formula is C21H32N2O3. The van der Waals surface area contributed by atoms with Gasteiger partial charge in [0.1, 0.15) is 17.4 Å². The number of carbonyl (C=O) groups excluding carboxylic acids is 1. The first-order chi connectivity index (χ1) is 12.4. The van der Waals surface area contributed by atoms with Gasteiger partial charge in [0, 0.05) is 12.7 Å². The molecule has 0 radical (unpaired) electrons. The number of hydrogen-bond acceptors (Lipinski definition) is 4. The summed E-state index contributed by atoms with van der Waals surface area (Å²) in [4.78, 5) is 12.8. The van der Waals surface area contributed by atoms with Crippen molar-refractivity contribution in [3.8, 4) is 11.8 Å². The topological polar surface area (TPSA) is 71.3 Å². The minimum atomic E-state index is -0.898. The lowest BCUT2D eigenvalue weighted by Crippen LogP contribution is -2.43. The first-order valence-electron chi connectivity index (χ1n) is 9.56. The number of nitrogens with zero attached hydrogens (tertiary/aromatic N) is 1. The molecule has 144 valence electrons. The molecule has 0 unspecified atom stereocenters. The van der Waals surface area contributed by atoms with E-state index in [1.54, 1.807) is 18.2 Å². The van der Waals surface area contributed by atoms with Gasteiger partial charge in [-0.2, -0.15) is 5.26 Å². The number of carbonyl (C=O) groups is 1. The maximum atomic E-state index is 12.8. The Balaban J connectivity index is 2.96. The molecule has 1 rings (SSSR count). The SMILES string of the molecule is CCCC[C@@](C)(OCCC)C(=O)Nc1ccc(O[C@@H](C)CC)cc1C#N. The van der Waals surface area contributed by atoms with Gasteiger partial charge in [-0.3, -0.25) is 4.79 Å². The van der Waals surface area contributed by atoms with Crippen molar-refractivity contribution >= 4 is 11.6 Å². The highest BCUT2D eigenvalue weighted by Crippen LogP contribution is 2.26. The lowest BCUT2D eigenvalue weighted by atomic mass is 9.97. The van der Waals surface area contributed by atoms with E-state index in [2.05, 4.69) is 18.3 Å². The van der Waals surface area contributed by atoms with Crippen LogP contribution in [-0.2, 0) is 9.53 Å². The second kappa shape index (κ2) is 10.8. The average molecular weight is 360 g/mol. The number of nitrogens with one attached hydrogen (secondary N) is 1. The summed E-state index contributed by atoms with van der Waals surface area (Å²) in [5.41, 5.74) is -0.0331. The molecule has 0 heterocycles. The number of nitriles is 1. The van der Waals surface area contributed by atoms with E-state index in [1.807, 2.05) is 27.7 Å². The van der Waals surface area contributed by atoms with E-state index in [1.165, 1.54) is 0 Å². The monoisotopic (exact) mass is 360 g/mol. The Hall–Kier alpha value is -2.06. The van der Waals surface area contributed by atoms with E-state index < -0.39 is 5.60 Å². The molecule has 0 aliphatic carbocycles. The molecule has 0 saturated carbocycles. The Labute approximate surface area is 157 Å². The fourth-order valence-corrected chi connectivity index (χ4v) is 2.46. The fourth-order valence-electron chi connectivity index (χ4n) is 2.46. The predicted molar refractivity (Wildman–Crippen MR) is 104 cm³/mol. The van der Waals surface area contributed by atoms with Crippen molar-refractivity contribution in [1.29, 1.82) is 5.26 Å². The molecular weight excluding hydrogens is 328 g/mol. The molecule has 1 N–H and O–H groups in total. The lowest BCUT2D eigenvalue weighted by molar-refractivity contribution is -0.140. The van der Waals surface area contributed by atoms with Crippen molar-refractivity contribution in [2.75, 3.05) is 11.9 Å². The first-order valence-corrected chi connectivity index (χ1v) is 9.56. The minimum Gasteiger partial charge on any atom is -0.491 e. The van der Waals surface area contributed by atoms with Crippen LogP contribution in [0.4, 0.5) is 5.69 Å². The lowest BCUT2D eigenvalue weighted by Gasteiger charge is -2.29. The number of rotatable bonds is 11. The smallest absolute Gasteiger partial charge is 0.256 e. The van der Waals surface area contributed by atoms with Gasteiger partial charge in [0.2, 0.25) is 0 Å².